The van der Waals surface area contributed by atoms with E-state index in [1.165, 1.54) is 24.3 Å². The summed E-state index contributed by atoms with van der Waals surface area (Å²) in [5.41, 5.74) is 2.37. The number of hydrogen-bond acceptors (Lipinski definition) is 16. The van der Waals surface area contributed by atoms with E-state index >= 15 is 8.78 Å². The molecule has 9 heterocycles. The molecule has 7 atom stereocenters. The Bertz CT molecular complexity index is 3410. The van der Waals surface area contributed by atoms with Gasteiger partial charge in [0.15, 0.2) is 17.6 Å². The van der Waals surface area contributed by atoms with Crippen molar-refractivity contribution in [1.29, 1.82) is 0 Å². The zero-order valence-corrected chi connectivity index (χ0v) is 43.5. The van der Waals surface area contributed by atoms with Gasteiger partial charge in [-0.2, -0.15) is 15.0 Å². The van der Waals surface area contributed by atoms with Crippen molar-refractivity contribution in [2.45, 2.75) is 100 Å². The number of ether oxygens (including phenoxy) is 5. The first-order valence-electron chi connectivity index (χ1n) is 26.8. The second-order valence-electron chi connectivity index (χ2n) is 20.8. The van der Waals surface area contributed by atoms with Gasteiger partial charge in [0.1, 0.15) is 65.9 Å². The molecule has 0 saturated carbocycles. The van der Waals surface area contributed by atoms with Gasteiger partial charge in [-0.15, -0.1) is 6.42 Å². The minimum absolute atomic E-state index is 0.0135. The van der Waals surface area contributed by atoms with Crippen LogP contribution in [0, 0.1) is 24.0 Å². The van der Waals surface area contributed by atoms with Gasteiger partial charge < -0.3 is 54.4 Å². The van der Waals surface area contributed by atoms with Gasteiger partial charge in [-0.05, 0) is 106 Å². The van der Waals surface area contributed by atoms with E-state index < -0.39 is 29.9 Å². The second kappa shape index (κ2) is 22.4. The molecule has 12 rings (SSSR count). The number of H-pyrrole nitrogens is 1. The molecule has 4 aromatic heterocycles. The number of fused-ring (bicyclic) bond motifs is 6. The molecule has 21 heteroatoms. The Morgan fingerprint density at radius 2 is 1.76 bits per heavy atom. The van der Waals surface area contributed by atoms with Crippen LogP contribution in [0.15, 0.2) is 60.8 Å². The van der Waals surface area contributed by atoms with Crippen molar-refractivity contribution in [3.8, 4) is 58.4 Å². The third-order valence-electron chi connectivity index (χ3n) is 15.6. The number of amides is 1. The van der Waals surface area contributed by atoms with Gasteiger partial charge in [-0.3, -0.25) is 14.7 Å². The Kier molecular flexibility index (Phi) is 14.9. The van der Waals surface area contributed by atoms with Crippen LogP contribution in [0.4, 0.5) is 14.6 Å². The van der Waals surface area contributed by atoms with Gasteiger partial charge >= 0.3 is 6.01 Å². The number of aromatic nitrogens is 6. The number of imidazole rings is 1. The van der Waals surface area contributed by atoms with Crippen molar-refractivity contribution in [3.05, 3.63) is 83.0 Å². The molecule has 3 aromatic carbocycles. The van der Waals surface area contributed by atoms with Crippen molar-refractivity contribution < 1.29 is 47.5 Å². The maximum Gasteiger partial charge on any atom is 0.319 e. The molecule has 406 valence electrons. The zero-order valence-electron chi connectivity index (χ0n) is 42.7. The molecule has 2 bridgehead atoms. The van der Waals surface area contributed by atoms with Gasteiger partial charge in [0.25, 0.3) is 6.01 Å². The maximum atomic E-state index is 17.1. The van der Waals surface area contributed by atoms with Gasteiger partial charge in [0, 0.05) is 60.3 Å². The summed E-state index contributed by atoms with van der Waals surface area (Å²) in [5.74, 6) is 2.03. The molecule has 5 saturated heterocycles. The van der Waals surface area contributed by atoms with Crippen LogP contribution in [-0.4, -0.2) is 153 Å². The Morgan fingerprint density at radius 3 is 2.59 bits per heavy atom. The SMILES string of the molecule is C#Cc1c(F)ccc2cc(O)cc(-c3ncc4c(N5CC6CCC(C5)N6)nc(OC[C@@H]5CCCN5CCCCCCC(=O)NCCOc5ccc(-c6nc7nc(O[C@@H]8CO[C@H]9[C@@H]8OC[C@H]9O)[nH]c7cc6Cl)cc5)nc4c3F)c12. The highest BCUT2D eigenvalue weighted by Crippen LogP contribution is 2.40. The molecule has 0 radical (unpaired) electrons. The van der Waals surface area contributed by atoms with E-state index in [4.69, 9.17) is 46.7 Å². The van der Waals surface area contributed by atoms with E-state index in [1.54, 1.807) is 12.3 Å². The average Bonchev–Trinajstić information content (AvgIpc) is 4.38. The number of halogens is 3. The molecule has 0 spiro atoms. The third-order valence-corrected chi connectivity index (χ3v) is 15.9. The smallest absolute Gasteiger partial charge is 0.319 e. The molecule has 5 aliphatic heterocycles. The summed E-state index contributed by atoms with van der Waals surface area (Å²) in [4.78, 5) is 43.7. The van der Waals surface area contributed by atoms with Crippen molar-refractivity contribution in [2.24, 2.45) is 0 Å². The van der Waals surface area contributed by atoms with Crippen molar-refractivity contribution in [1.82, 2.24) is 45.4 Å². The number of hydrogen-bond donors (Lipinski definition) is 5. The molecule has 78 heavy (non-hydrogen) atoms. The fraction of sp³-hybridized carbons (Fsp3) is 0.439. The highest BCUT2D eigenvalue weighted by molar-refractivity contribution is 6.33. The van der Waals surface area contributed by atoms with Gasteiger partial charge in [0.05, 0.1) is 46.9 Å². The number of pyridine rings is 2. The number of carbonyl (C=O) groups is 1. The number of piperazine rings is 1. The number of nitrogens with zero attached hydrogens (tertiary/aromatic N) is 7. The summed E-state index contributed by atoms with van der Waals surface area (Å²) in [6.45, 7) is 4.68. The second-order valence-corrected chi connectivity index (χ2v) is 21.2. The molecular weight excluding hydrogens is 1030 g/mol. The Balaban J connectivity index is 0.600. The topological polar surface area (TPSA) is 214 Å². The number of likely N-dealkylation sites (tertiary alicyclic amines) is 1. The third kappa shape index (κ3) is 10.7. The number of benzene rings is 3. The largest absolute Gasteiger partial charge is 0.508 e. The summed E-state index contributed by atoms with van der Waals surface area (Å²) in [7, 11) is 0. The predicted molar refractivity (Wildman–Crippen MR) is 288 cm³/mol. The van der Waals surface area contributed by atoms with E-state index in [1.807, 2.05) is 24.3 Å². The number of nitrogens with one attached hydrogen (secondary N) is 3. The van der Waals surface area contributed by atoms with Gasteiger partial charge in [-0.25, -0.2) is 13.8 Å². The number of aliphatic hydroxyl groups excluding tert-OH is 1. The molecule has 5 fully saturated rings. The molecule has 18 nitrogen and oxygen atoms in total. The van der Waals surface area contributed by atoms with E-state index in [0.717, 1.165) is 70.0 Å². The summed E-state index contributed by atoms with van der Waals surface area (Å²) in [6.07, 6.45) is 13.5. The number of aromatic hydroxyl groups is 1. The number of phenols is 1. The first-order chi connectivity index (χ1) is 38.0. The number of phenolic OH excluding ortho intramolecular Hbond substituents is 1. The number of terminal acetylenes is 1. The fourth-order valence-corrected chi connectivity index (χ4v) is 12.0. The van der Waals surface area contributed by atoms with Crippen LogP contribution >= 0.6 is 11.6 Å². The van der Waals surface area contributed by atoms with E-state index in [-0.39, 0.29) is 88.8 Å². The predicted octanol–water partition coefficient (Wildman–Crippen LogP) is 7.24. The minimum atomic E-state index is -0.752. The van der Waals surface area contributed by atoms with E-state index in [9.17, 15) is 15.0 Å². The number of aromatic amines is 1. The number of unbranched alkanes of at least 4 members (excludes halogenated alkanes) is 3. The van der Waals surface area contributed by atoms with Gasteiger partial charge in [-0.1, -0.05) is 36.4 Å². The van der Waals surface area contributed by atoms with Crippen LogP contribution in [0.1, 0.15) is 63.4 Å². The summed E-state index contributed by atoms with van der Waals surface area (Å²) >= 11 is 6.65. The van der Waals surface area contributed by atoms with Crippen LogP contribution in [0.25, 0.3) is 55.4 Å². The van der Waals surface area contributed by atoms with Crippen molar-refractivity contribution in [3.63, 3.8) is 0 Å². The number of aliphatic hydroxyl groups is 1. The standard InChI is InChI=1S/C57H59ClF2N10O8/c1-2-38-42(59)17-12-32-22-36(71)23-39(47(32)38)50-48(60)51-40(25-62-50)55(70-26-33-13-14-34(27-70)63-33)68-56(66-51)77-28-35-8-7-20-69(35)19-6-4-3-5-9-46(73)61-18-21-74-37-15-10-31(11-16-37)49-41(58)24-43-54(65-49)67-57(64-43)78-45-30-76-52-44(72)29-75-53(45)52/h1,10-12,15-17,22-25,33-35,44-45,52-53,63,71-72H,3-9,13-14,18-21,26-30H2,(H,61,73)(H,64,65,67)/t33?,34?,35-,44+,45+,52+,53+/m0/s1. The molecular formula is C57H59ClF2N10O8. The van der Waals surface area contributed by atoms with Crippen molar-refractivity contribution >= 4 is 56.2 Å². The normalized spacial score (nSPS) is 22.9. The Hall–Kier alpha value is -6.99. The lowest BCUT2D eigenvalue weighted by molar-refractivity contribution is -0.121. The summed E-state index contributed by atoms with van der Waals surface area (Å²) < 4.78 is 61.7. The molecule has 7 aromatic rings. The van der Waals surface area contributed by atoms with Crippen LogP contribution < -0.4 is 29.7 Å². The number of rotatable bonds is 19. The minimum Gasteiger partial charge on any atom is -0.508 e. The number of anilines is 1. The first-order valence-corrected chi connectivity index (χ1v) is 27.2. The highest BCUT2D eigenvalue weighted by atomic mass is 35.5. The molecule has 2 unspecified atom stereocenters. The monoisotopic (exact) mass is 1080 g/mol. The lowest BCUT2D eigenvalue weighted by atomic mass is 9.96. The van der Waals surface area contributed by atoms with Crippen LogP contribution in [0.2, 0.25) is 5.02 Å². The fourth-order valence-electron chi connectivity index (χ4n) is 11.7. The number of carbonyl (C=O) groups excluding carboxylic acids is 1. The first kappa shape index (κ1) is 51.7. The molecule has 1 amide bonds. The summed E-state index contributed by atoms with van der Waals surface area (Å²) in [6, 6.07) is 15.7. The Morgan fingerprint density at radius 1 is 0.936 bits per heavy atom. The summed E-state index contributed by atoms with van der Waals surface area (Å²) in [5, 5.41) is 28.9. The van der Waals surface area contributed by atoms with E-state index in [2.05, 4.69) is 51.3 Å². The Labute approximate surface area is 453 Å². The zero-order chi connectivity index (χ0) is 53.4. The van der Waals surface area contributed by atoms with Crippen LogP contribution in [0.3, 0.4) is 0 Å². The average molecular weight is 1090 g/mol. The lowest BCUT2D eigenvalue weighted by Gasteiger charge is -2.34. The van der Waals surface area contributed by atoms with Crippen molar-refractivity contribution in [2.75, 3.05) is 64.1 Å². The molecule has 5 aliphatic rings. The quantitative estimate of drug-likeness (QED) is 0.0399. The lowest BCUT2D eigenvalue weighted by Crippen LogP contribution is -2.51. The van der Waals surface area contributed by atoms with Crippen LogP contribution in [0.5, 0.6) is 23.5 Å². The highest BCUT2D eigenvalue weighted by Gasteiger charge is 2.49. The maximum absolute atomic E-state index is 17.1. The molecule has 5 N–H and O–H groups in total. The van der Waals surface area contributed by atoms with E-state index in [0.29, 0.717) is 83.5 Å². The van der Waals surface area contributed by atoms with Gasteiger partial charge in [0.2, 0.25) is 5.91 Å². The van der Waals surface area contributed by atoms with Crippen LogP contribution in [-0.2, 0) is 14.3 Å². The molecule has 0 aliphatic carbocycles.